The van der Waals surface area contributed by atoms with Gasteiger partial charge in [-0.15, -0.1) is 0 Å². The second-order valence-corrected chi connectivity index (χ2v) is 5.52. The smallest absolute Gasteiger partial charge is 0.122 e. The second-order valence-electron chi connectivity index (χ2n) is 5.52. The highest BCUT2D eigenvalue weighted by atomic mass is 16.5. The summed E-state index contributed by atoms with van der Waals surface area (Å²) >= 11 is 0. The Bertz CT molecular complexity index is 424. The standard InChI is InChI=1S/C16H23NO/c1-5-18-15-10-9-14(16(2,3)4)12-13(15)8-6-7-11-17/h9-10,12H,5-8H2,1-4H3. The fourth-order valence-electron chi connectivity index (χ4n) is 1.90. The first kappa shape index (κ1) is 14.6. The van der Waals surface area contributed by atoms with Gasteiger partial charge in [-0.1, -0.05) is 32.9 Å². The molecule has 0 aliphatic carbocycles. The number of nitriles is 1. The molecule has 1 aromatic carbocycles. The SMILES string of the molecule is CCOc1ccc(C(C)(C)C)cc1CCCC#N. The monoisotopic (exact) mass is 245 g/mol. The molecular formula is C16H23NO. The maximum atomic E-state index is 8.62. The number of aryl methyl sites for hydroxylation is 1. The van der Waals surface area contributed by atoms with Gasteiger partial charge in [-0.3, -0.25) is 0 Å². The third-order valence-corrected chi connectivity index (χ3v) is 2.96. The topological polar surface area (TPSA) is 33.0 Å². The van der Waals surface area contributed by atoms with Gasteiger partial charge < -0.3 is 4.74 Å². The third kappa shape index (κ3) is 4.07. The lowest BCUT2D eigenvalue weighted by atomic mass is 9.85. The first-order valence-corrected chi connectivity index (χ1v) is 6.62. The van der Waals surface area contributed by atoms with E-state index in [1.165, 1.54) is 11.1 Å². The van der Waals surface area contributed by atoms with Crippen LogP contribution >= 0.6 is 0 Å². The Hall–Kier alpha value is -1.49. The van der Waals surface area contributed by atoms with E-state index in [0.717, 1.165) is 18.6 Å². The zero-order chi connectivity index (χ0) is 13.6. The summed E-state index contributed by atoms with van der Waals surface area (Å²) in [5.74, 6) is 0.962. The molecule has 0 N–H and O–H groups in total. The van der Waals surface area contributed by atoms with E-state index in [2.05, 4.69) is 45.0 Å². The molecule has 0 aromatic heterocycles. The van der Waals surface area contributed by atoms with Gasteiger partial charge in [0.25, 0.3) is 0 Å². The maximum absolute atomic E-state index is 8.62. The van der Waals surface area contributed by atoms with Crippen LogP contribution in [0.3, 0.4) is 0 Å². The molecule has 0 saturated carbocycles. The highest BCUT2D eigenvalue weighted by Gasteiger charge is 2.15. The molecule has 0 unspecified atom stereocenters. The van der Waals surface area contributed by atoms with Crippen LogP contribution in [0.15, 0.2) is 18.2 Å². The van der Waals surface area contributed by atoms with Gasteiger partial charge in [0.2, 0.25) is 0 Å². The Morgan fingerprint density at radius 1 is 1.28 bits per heavy atom. The van der Waals surface area contributed by atoms with Crippen LogP contribution < -0.4 is 4.74 Å². The molecule has 0 aliphatic heterocycles. The number of benzene rings is 1. The number of rotatable bonds is 5. The summed E-state index contributed by atoms with van der Waals surface area (Å²) < 4.78 is 5.65. The summed E-state index contributed by atoms with van der Waals surface area (Å²) in [6, 6.07) is 8.62. The first-order valence-electron chi connectivity index (χ1n) is 6.62. The van der Waals surface area contributed by atoms with Crippen LogP contribution in [0.2, 0.25) is 0 Å². The van der Waals surface area contributed by atoms with Crippen molar-refractivity contribution in [2.75, 3.05) is 6.61 Å². The molecule has 18 heavy (non-hydrogen) atoms. The Morgan fingerprint density at radius 3 is 2.56 bits per heavy atom. The number of hydrogen-bond donors (Lipinski definition) is 0. The summed E-state index contributed by atoms with van der Waals surface area (Å²) in [6.07, 6.45) is 2.41. The van der Waals surface area contributed by atoms with Gasteiger partial charge in [0, 0.05) is 6.42 Å². The van der Waals surface area contributed by atoms with E-state index in [-0.39, 0.29) is 5.41 Å². The first-order chi connectivity index (χ1) is 8.49. The minimum Gasteiger partial charge on any atom is -0.494 e. The van der Waals surface area contributed by atoms with E-state index in [1.807, 2.05) is 6.92 Å². The van der Waals surface area contributed by atoms with Gasteiger partial charge in [0.05, 0.1) is 12.7 Å². The number of hydrogen-bond acceptors (Lipinski definition) is 2. The molecule has 0 radical (unpaired) electrons. The lowest BCUT2D eigenvalue weighted by Crippen LogP contribution is -2.12. The summed E-state index contributed by atoms with van der Waals surface area (Å²) in [7, 11) is 0. The molecule has 2 nitrogen and oxygen atoms in total. The Morgan fingerprint density at radius 2 is 2.00 bits per heavy atom. The Labute approximate surface area is 111 Å². The molecule has 1 rings (SSSR count). The van der Waals surface area contributed by atoms with Gasteiger partial charge in [-0.05, 0) is 42.4 Å². The fraction of sp³-hybridized carbons (Fsp3) is 0.562. The van der Waals surface area contributed by atoms with Crippen molar-refractivity contribution in [3.05, 3.63) is 29.3 Å². The third-order valence-electron chi connectivity index (χ3n) is 2.96. The fourth-order valence-corrected chi connectivity index (χ4v) is 1.90. The average Bonchev–Trinajstić information content (AvgIpc) is 2.30. The molecule has 0 amide bonds. The van der Waals surface area contributed by atoms with Crippen molar-refractivity contribution < 1.29 is 4.74 Å². The highest BCUT2D eigenvalue weighted by Crippen LogP contribution is 2.29. The highest BCUT2D eigenvalue weighted by molar-refractivity contribution is 5.39. The van der Waals surface area contributed by atoms with Crippen molar-refractivity contribution >= 4 is 0 Å². The van der Waals surface area contributed by atoms with Gasteiger partial charge in [-0.2, -0.15) is 5.26 Å². The van der Waals surface area contributed by atoms with E-state index in [9.17, 15) is 0 Å². The molecule has 0 spiro atoms. The predicted octanol–water partition coefficient (Wildman–Crippen LogP) is 4.23. The van der Waals surface area contributed by atoms with Crippen LogP contribution in [-0.2, 0) is 11.8 Å². The molecule has 0 bridgehead atoms. The molecular weight excluding hydrogens is 222 g/mol. The molecule has 2 heteroatoms. The Kier molecular flexibility index (Phi) is 5.22. The van der Waals surface area contributed by atoms with Crippen molar-refractivity contribution in [2.45, 2.75) is 52.4 Å². The van der Waals surface area contributed by atoms with Crippen LogP contribution in [-0.4, -0.2) is 6.61 Å². The minimum atomic E-state index is 0.148. The van der Waals surface area contributed by atoms with E-state index >= 15 is 0 Å². The zero-order valence-corrected chi connectivity index (χ0v) is 11.9. The summed E-state index contributed by atoms with van der Waals surface area (Å²) in [5, 5.41) is 8.62. The van der Waals surface area contributed by atoms with Crippen molar-refractivity contribution in [3.63, 3.8) is 0 Å². The molecule has 0 saturated heterocycles. The predicted molar refractivity (Wildman–Crippen MR) is 74.9 cm³/mol. The van der Waals surface area contributed by atoms with Crippen LogP contribution in [0.1, 0.15) is 51.7 Å². The van der Waals surface area contributed by atoms with Crippen molar-refractivity contribution in [2.24, 2.45) is 0 Å². The van der Waals surface area contributed by atoms with Crippen LogP contribution in [0.25, 0.3) is 0 Å². The summed E-state index contributed by atoms with van der Waals surface area (Å²) in [5.41, 5.74) is 2.69. The lowest BCUT2D eigenvalue weighted by molar-refractivity contribution is 0.336. The normalized spacial score (nSPS) is 11.1. The average molecular weight is 245 g/mol. The van der Waals surface area contributed by atoms with E-state index in [4.69, 9.17) is 10.00 Å². The summed E-state index contributed by atoms with van der Waals surface area (Å²) in [4.78, 5) is 0. The molecule has 0 fully saturated rings. The quantitative estimate of drug-likeness (QED) is 0.727. The van der Waals surface area contributed by atoms with Crippen molar-refractivity contribution in [1.29, 1.82) is 5.26 Å². The van der Waals surface area contributed by atoms with Crippen LogP contribution in [0.5, 0.6) is 5.75 Å². The molecule has 0 aliphatic rings. The molecule has 1 aromatic rings. The number of nitrogens with zero attached hydrogens (tertiary/aromatic N) is 1. The Balaban J connectivity index is 2.96. The molecule has 0 heterocycles. The minimum absolute atomic E-state index is 0.148. The van der Waals surface area contributed by atoms with E-state index in [1.54, 1.807) is 0 Å². The molecule has 0 atom stereocenters. The largest absolute Gasteiger partial charge is 0.494 e. The van der Waals surface area contributed by atoms with Crippen LogP contribution in [0.4, 0.5) is 0 Å². The zero-order valence-electron chi connectivity index (χ0n) is 11.9. The van der Waals surface area contributed by atoms with Gasteiger partial charge >= 0.3 is 0 Å². The second kappa shape index (κ2) is 6.44. The van der Waals surface area contributed by atoms with Crippen molar-refractivity contribution in [3.8, 4) is 11.8 Å². The van der Waals surface area contributed by atoms with Crippen molar-refractivity contribution in [1.82, 2.24) is 0 Å². The summed E-state index contributed by atoms with van der Waals surface area (Å²) in [6.45, 7) is 9.31. The van der Waals surface area contributed by atoms with Crippen LogP contribution in [0, 0.1) is 11.3 Å². The van der Waals surface area contributed by atoms with Gasteiger partial charge in [0.15, 0.2) is 0 Å². The van der Waals surface area contributed by atoms with Gasteiger partial charge in [0.1, 0.15) is 5.75 Å². The van der Waals surface area contributed by atoms with Gasteiger partial charge in [-0.25, -0.2) is 0 Å². The number of ether oxygens (including phenoxy) is 1. The van der Waals surface area contributed by atoms with E-state index < -0.39 is 0 Å². The maximum Gasteiger partial charge on any atom is 0.122 e. The molecule has 98 valence electrons. The number of unbranched alkanes of at least 4 members (excludes halogenated alkanes) is 1. The lowest BCUT2D eigenvalue weighted by Gasteiger charge is -2.21. The van der Waals surface area contributed by atoms with E-state index in [0.29, 0.717) is 13.0 Å².